The van der Waals surface area contributed by atoms with Crippen LogP contribution in [0.1, 0.15) is 85.0 Å². The molecule has 0 aromatic heterocycles. The molecule has 3 nitrogen and oxygen atoms in total. The highest BCUT2D eigenvalue weighted by molar-refractivity contribution is 5.70. The molecule has 3 heteroatoms. The summed E-state index contributed by atoms with van der Waals surface area (Å²) in [6.07, 6.45) is 10.1. The van der Waals surface area contributed by atoms with Gasteiger partial charge in [-0.15, -0.1) is 0 Å². The summed E-state index contributed by atoms with van der Waals surface area (Å²) in [5.41, 5.74) is -0.245. The molecule has 1 N–H and O–H groups in total. The largest absolute Gasteiger partial charge is 0.459 e. The maximum absolute atomic E-state index is 12.7. The Balaban J connectivity index is 1.22. The molecule has 158 valence electrons. The Kier molecular flexibility index (Phi) is 4.85. The number of carbonyl (C=O) groups excluding carboxylic acids is 1. The fraction of sp³-hybridized carbons (Fsp3) is 0.960. The van der Waals surface area contributed by atoms with Gasteiger partial charge < -0.3 is 9.84 Å². The minimum atomic E-state index is -0.493. The number of aliphatic hydroxyl groups excluding tert-OH is 1. The monoisotopic (exact) mass is 388 g/mol. The number of esters is 1. The Hall–Kier alpha value is -0.570. The molecule has 10 unspecified atom stereocenters. The zero-order valence-electron chi connectivity index (χ0n) is 18.1. The highest BCUT2D eigenvalue weighted by Gasteiger charge is 2.66. The standard InChI is InChI=1S/C25H40O3/c1-4-25(8-6-5-7-9-25)28-22(27)13-21(26)19-10-16-11-20(19)24-18-12-17(23(16)24)14(2)15(18)3/h14-21,23-24,26H,4-13H2,1-3H3. The third kappa shape index (κ3) is 2.81. The lowest BCUT2D eigenvalue weighted by Crippen LogP contribution is -2.42. The molecule has 5 aliphatic rings. The van der Waals surface area contributed by atoms with Crippen LogP contribution in [0.15, 0.2) is 0 Å². The van der Waals surface area contributed by atoms with E-state index in [-0.39, 0.29) is 18.0 Å². The van der Waals surface area contributed by atoms with E-state index >= 15 is 0 Å². The van der Waals surface area contributed by atoms with E-state index in [1.54, 1.807) is 0 Å². The average Bonchev–Trinajstić information content (AvgIpc) is 3.42. The van der Waals surface area contributed by atoms with Gasteiger partial charge in [0, 0.05) is 0 Å². The SMILES string of the molecule is CCC1(OC(=O)CC(O)C2CC3CC2C2C4CC(C(C)C4C)C32)CCCCC1. The van der Waals surface area contributed by atoms with Crippen LogP contribution in [0.4, 0.5) is 0 Å². The van der Waals surface area contributed by atoms with Crippen LogP contribution in [-0.2, 0) is 9.53 Å². The molecule has 5 saturated carbocycles. The minimum absolute atomic E-state index is 0.148. The molecule has 0 amide bonds. The van der Waals surface area contributed by atoms with Gasteiger partial charge in [0.2, 0.25) is 0 Å². The molecule has 4 bridgehead atoms. The van der Waals surface area contributed by atoms with Crippen LogP contribution in [0, 0.1) is 53.3 Å². The lowest BCUT2D eigenvalue weighted by atomic mass is 9.61. The fourth-order valence-corrected chi connectivity index (χ4v) is 9.05. The van der Waals surface area contributed by atoms with E-state index in [2.05, 4.69) is 20.8 Å². The van der Waals surface area contributed by atoms with E-state index in [0.717, 1.165) is 80.0 Å². The van der Waals surface area contributed by atoms with Gasteiger partial charge in [-0.05, 0) is 105 Å². The van der Waals surface area contributed by atoms with Crippen molar-refractivity contribution in [2.24, 2.45) is 53.3 Å². The molecule has 0 aliphatic heterocycles. The first-order chi connectivity index (χ1) is 13.4. The lowest BCUT2D eigenvalue weighted by Gasteiger charge is -2.44. The van der Waals surface area contributed by atoms with Crippen molar-refractivity contribution in [2.45, 2.75) is 96.7 Å². The normalized spacial score (nSPS) is 49.2. The molecule has 0 heterocycles. The van der Waals surface area contributed by atoms with Crippen molar-refractivity contribution >= 4 is 5.97 Å². The average molecular weight is 389 g/mol. The van der Waals surface area contributed by atoms with Crippen molar-refractivity contribution in [3.63, 3.8) is 0 Å². The van der Waals surface area contributed by atoms with Gasteiger partial charge in [-0.3, -0.25) is 4.79 Å². The van der Waals surface area contributed by atoms with Crippen LogP contribution in [0.3, 0.4) is 0 Å². The maximum atomic E-state index is 12.7. The van der Waals surface area contributed by atoms with Gasteiger partial charge >= 0.3 is 5.97 Å². The highest BCUT2D eigenvalue weighted by Crippen LogP contribution is 2.71. The van der Waals surface area contributed by atoms with Crippen molar-refractivity contribution in [2.75, 3.05) is 0 Å². The molecule has 5 fully saturated rings. The molecule has 5 aliphatic carbocycles. The van der Waals surface area contributed by atoms with Gasteiger partial charge in [-0.25, -0.2) is 0 Å². The number of ether oxygens (including phenoxy) is 1. The summed E-state index contributed by atoms with van der Waals surface area (Å²) in [6.45, 7) is 7.09. The molecule has 0 radical (unpaired) electrons. The van der Waals surface area contributed by atoms with Crippen LogP contribution >= 0.6 is 0 Å². The Bertz CT molecular complexity index is 609. The molecule has 28 heavy (non-hydrogen) atoms. The van der Waals surface area contributed by atoms with Gasteiger partial charge in [0.25, 0.3) is 0 Å². The number of hydrogen-bond acceptors (Lipinski definition) is 3. The zero-order chi connectivity index (χ0) is 19.6. The molecular weight excluding hydrogens is 348 g/mol. The second-order valence-electron chi connectivity index (χ2n) is 11.3. The minimum Gasteiger partial charge on any atom is -0.459 e. The predicted molar refractivity (Wildman–Crippen MR) is 109 cm³/mol. The summed E-state index contributed by atoms with van der Waals surface area (Å²) in [7, 11) is 0. The molecule has 0 aromatic carbocycles. The van der Waals surface area contributed by atoms with Gasteiger partial charge in [-0.1, -0.05) is 27.2 Å². The maximum Gasteiger partial charge on any atom is 0.308 e. The number of rotatable bonds is 5. The van der Waals surface area contributed by atoms with Crippen molar-refractivity contribution < 1.29 is 14.6 Å². The summed E-state index contributed by atoms with van der Waals surface area (Å²) in [5, 5.41) is 11.0. The molecule has 0 saturated heterocycles. The number of carbonyl (C=O) groups is 1. The van der Waals surface area contributed by atoms with Gasteiger partial charge in [0.05, 0.1) is 12.5 Å². The Morgan fingerprint density at radius 3 is 2.36 bits per heavy atom. The van der Waals surface area contributed by atoms with Crippen LogP contribution in [0.25, 0.3) is 0 Å². The first-order valence-electron chi connectivity index (χ1n) is 12.3. The summed E-state index contributed by atoms with van der Waals surface area (Å²) in [4.78, 5) is 12.7. The fourth-order valence-electron chi connectivity index (χ4n) is 9.05. The van der Waals surface area contributed by atoms with E-state index < -0.39 is 6.10 Å². The van der Waals surface area contributed by atoms with Crippen LogP contribution in [0.2, 0.25) is 0 Å². The first kappa shape index (κ1) is 19.4. The Morgan fingerprint density at radius 2 is 1.68 bits per heavy atom. The van der Waals surface area contributed by atoms with E-state index in [0.29, 0.717) is 11.8 Å². The molecule has 0 spiro atoms. The van der Waals surface area contributed by atoms with Gasteiger partial charge in [0.15, 0.2) is 0 Å². The number of aliphatic hydroxyl groups is 1. The van der Waals surface area contributed by atoms with Crippen molar-refractivity contribution in [1.29, 1.82) is 0 Å². The Morgan fingerprint density at radius 1 is 1.00 bits per heavy atom. The van der Waals surface area contributed by atoms with Crippen molar-refractivity contribution in [3.8, 4) is 0 Å². The van der Waals surface area contributed by atoms with Gasteiger partial charge in [-0.2, -0.15) is 0 Å². The van der Waals surface area contributed by atoms with Crippen LogP contribution in [0.5, 0.6) is 0 Å². The molecular formula is C25H40O3. The molecule has 10 atom stereocenters. The Labute approximate surface area is 171 Å². The second-order valence-corrected chi connectivity index (χ2v) is 11.3. The predicted octanol–water partition coefficient (Wildman–Crippen LogP) is 5.20. The lowest BCUT2D eigenvalue weighted by molar-refractivity contribution is -0.167. The van der Waals surface area contributed by atoms with Crippen molar-refractivity contribution in [1.82, 2.24) is 0 Å². The summed E-state index contributed by atoms with van der Waals surface area (Å²) in [5.74, 6) is 7.01. The number of hydrogen-bond donors (Lipinski definition) is 1. The number of fused-ring (bicyclic) bond motifs is 9. The zero-order valence-corrected chi connectivity index (χ0v) is 18.1. The third-order valence-corrected chi connectivity index (χ3v) is 10.5. The topological polar surface area (TPSA) is 46.5 Å². The highest BCUT2D eigenvalue weighted by atomic mass is 16.6. The first-order valence-corrected chi connectivity index (χ1v) is 12.3. The third-order valence-electron chi connectivity index (χ3n) is 10.5. The molecule has 5 rings (SSSR count). The van der Waals surface area contributed by atoms with E-state index in [1.807, 2.05) is 0 Å². The summed E-state index contributed by atoms with van der Waals surface area (Å²) in [6, 6.07) is 0. The second kappa shape index (κ2) is 7.00. The smallest absolute Gasteiger partial charge is 0.308 e. The summed E-state index contributed by atoms with van der Waals surface area (Å²) >= 11 is 0. The van der Waals surface area contributed by atoms with Crippen LogP contribution < -0.4 is 0 Å². The van der Waals surface area contributed by atoms with E-state index in [9.17, 15) is 9.90 Å². The van der Waals surface area contributed by atoms with E-state index in [1.165, 1.54) is 19.3 Å². The molecule has 0 aromatic rings. The van der Waals surface area contributed by atoms with E-state index in [4.69, 9.17) is 4.74 Å². The quantitative estimate of drug-likeness (QED) is 0.520. The summed E-state index contributed by atoms with van der Waals surface area (Å²) < 4.78 is 6.01. The van der Waals surface area contributed by atoms with Crippen LogP contribution in [-0.4, -0.2) is 22.8 Å². The van der Waals surface area contributed by atoms with Gasteiger partial charge in [0.1, 0.15) is 5.60 Å². The van der Waals surface area contributed by atoms with Crippen molar-refractivity contribution in [3.05, 3.63) is 0 Å².